The lowest BCUT2D eigenvalue weighted by atomic mass is 9.81. The summed E-state index contributed by atoms with van der Waals surface area (Å²) in [4.78, 5) is 13.1. The maximum absolute atomic E-state index is 13.1. The van der Waals surface area contributed by atoms with Gasteiger partial charge in [0.05, 0.1) is 23.2 Å². The molecule has 0 bridgehead atoms. The lowest BCUT2D eigenvalue weighted by Gasteiger charge is -2.23. The second-order valence-electron chi connectivity index (χ2n) is 6.97. The van der Waals surface area contributed by atoms with Gasteiger partial charge in [-0.1, -0.05) is 19.1 Å². The van der Waals surface area contributed by atoms with Gasteiger partial charge in [-0.2, -0.15) is 0 Å². The van der Waals surface area contributed by atoms with Crippen molar-refractivity contribution in [2.75, 3.05) is 14.2 Å². The van der Waals surface area contributed by atoms with E-state index in [1.165, 1.54) is 0 Å². The van der Waals surface area contributed by atoms with Crippen LogP contribution < -0.4 is 9.47 Å². The monoisotopic (exact) mass is 504 g/mol. The standard InChI is InChI=1S/C23H22Br2O3/c1-14-8-17(10-15-4-6-21(27-2)19(24)12-15)23(26)18(9-14)11-16-5-7-22(28-3)20(25)13-16/h4-7,10-14H,8-9H2,1-3H3/b17-10+,18-11+. The number of benzene rings is 2. The van der Waals surface area contributed by atoms with Crippen molar-refractivity contribution in [1.82, 2.24) is 0 Å². The Bertz CT molecular complexity index is 885. The predicted molar refractivity (Wildman–Crippen MR) is 121 cm³/mol. The second-order valence-corrected chi connectivity index (χ2v) is 8.68. The van der Waals surface area contributed by atoms with Gasteiger partial charge in [0.25, 0.3) is 0 Å². The Morgan fingerprint density at radius 2 is 1.29 bits per heavy atom. The second kappa shape index (κ2) is 9.10. The Morgan fingerprint density at radius 1 is 0.857 bits per heavy atom. The smallest absolute Gasteiger partial charge is 0.185 e. The van der Waals surface area contributed by atoms with E-state index in [2.05, 4.69) is 38.8 Å². The van der Waals surface area contributed by atoms with Crippen LogP contribution in [0.3, 0.4) is 0 Å². The molecular formula is C23H22Br2O3. The highest BCUT2D eigenvalue weighted by Crippen LogP contribution is 2.34. The molecule has 146 valence electrons. The summed E-state index contributed by atoms with van der Waals surface area (Å²) < 4.78 is 12.3. The number of methoxy groups -OCH3 is 2. The van der Waals surface area contributed by atoms with E-state index in [-0.39, 0.29) is 5.78 Å². The van der Waals surface area contributed by atoms with E-state index in [9.17, 15) is 4.79 Å². The van der Waals surface area contributed by atoms with Crippen LogP contribution in [0.5, 0.6) is 11.5 Å². The van der Waals surface area contributed by atoms with E-state index < -0.39 is 0 Å². The minimum atomic E-state index is 0.122. The molecule has 0 amide bonds. The number of hydrogen-bond donors (Lipinski definition) is 0. The first-order valence-electron chi connectivity index (χ1n) is 9.04. The number of Topliss-reactive ketones (excluding diaryl/α,β-unsaturated/α-hetero) is 1. The van der Waals surface area contributed by atoms with Crippen molar-refractivity contribution < 1.29 is 14.3 Å². The third-order valence-electron chi connectivity index (χ3n) is 4.75. The molecule has 0 atom stereocenters. The molecule has 2 aromatic carbocycles. The molecule has 0 aliphatic heterocycles. The fourth-order valence-corrected chi connectivity index (χ4v) is 4.53. The van der Waals surface area contributed by atoms with E-state index in [0.717, 1.165) is 55.6 Å². The Morgan fingerprint density at radius 3 is 1.64 bits per heavy atom. The predicted octanol–water partition coefficient (Wildman–Crippen LogP) is 6.69. The SMILES string of the molecule is COc1ccc(/C=C2\CC(C)C/C(=C\c3ccc(OC)c(Br)c3)C2=O)cc1Br. The lowest BCUT2D eigenvalue weighted by Crippen LogP contribution is -2.18. The number of halogens is 2. The zero-order valence-electron chi connectivity index (χ0n) is 16.1. The van der Waals surface area contributed by atoms with Crippen LogP contribution >= 0.6 is 31.9 Å². The van der Waals surface area contributed by atoms with Crippen molar-refractivity contribution in [3.63, 3.8) is 0 Å². The number of carbonyl (C=O) groups excluding carboxylic acids is 1. The summed E-state index contributed by atoms with van der Waals surface area (Å²) in [5.41, 5.74) is 3.65. The van der Waals surface area contributed by atoms with E-state index in [4.69, 9.17) is 9.47 Å². The van der Waals surface area contributed by atoms with Crippen LogP contribution in [0.25, 0.3) is 12.2 Å². The average molecular weight is 506 g/mol. The van der Waals surface area contributed by atoms with E-state index in [1.54, 1.807) is 14.2 Å². The maximum atomic E-state index is 13.1. The molecule has 0 radical (unpaired) electrons. The lowest BCUT2D eigenvalue weighted by molar-refractivity contribution is -0.113. The molecule has 3 rings (SSSR count). The Kier molecular flexibility index (Phi) is 6.78. The molecule has 1 fully saturated rings. The molecule has 5 heteroatoms. The van der Waals surface area contributed by atoms with Crippen molar-refractivity contribution in [3.8, 4) is 11.5 Å². The molecule has 0 unspecified atom stereocenters. The number of ketones is 1. The average Bonchev–Trinajstić information content (AvgIpc) is 2.66. The summed E-state index contributed by atoms with van der Waals surface area (Å²) in [5, 5.41) is 0. The van der Waals surface area contributed by atoms with E-state index in [1.807, 2.05) is 48.6 Å². The maximum Gasteiger partial charge on any atom is 0.185 e. The van der Waals surface area contributed by atoms with Crippen LogP contribution in [0, 0.1) is 5.92 Å². The van der Waals surface area contributed by atoms with Crippen LogP contribution in [0.1, 0.15) is 30.9 Å². The van der Waals surface area contributed by atoms with Crippen LogP contribution in [-0.4, -0.2) is 20.0 Å². The fraction of sp³-hybridized carbons (Fsp3) is 0.261. The molecular weight excluding hydrogens is 484 g/mol. The summed E-state index contributed by atoms with van der Waals surface area (Å²) >= 11 is 7.02. The van der Waals surface area contributed by atoms with Crippen molar-refractivity contribution in [1.29, 1.82) is 0 Å². The number of ether oxygens (including phenoxy) is 2. The van der Waals surface area contributed by atoms with Gasteiger partial charge >= 0.3 is 0 Å². The fourth-order valence-electron chi connectivity index (χ4n) is 3.41. The molecule has 1 aliphatic rings. The first-order chi connectivity index (χ1) is 13.4. The normalized spacial score (nSPS) is 19.9. The van der Waals surface area contributed by atoms with E-state index >= 15 is 0 Å². The van der Waals surface area contributed by atoms with Crippen LogP contribution in [-0.2, 0) is 4.79 Å². The van der Waals surface area contributed by atoms with Crippen molar-refractivity contribution in [2.24, 2.45) is 5.92 Å². The minimum absolute atomic E-state index is 0.122. The number of allylic oxidation sites excluding steroid dienone is 2. The van der Waals surface area contributed by atoms with Gasteiger partial charge in [0.15, 0.2) is 5.78 Å². The molecule has 28 heavy (non-hydrogen) atoms. The molecule has 0 N–H and O–H groups in total. The molecule has 0 aromatic heterocycles. The zero-order valence-corrected chi connectivity index (χ0v) is 19.3. The van der Waals surface area contributed by atoms with Gasteiger partial charge in [-0.3, -0.25) is 4.79 Å². The van der Waals surface area contributed by atoms with Crippen molar-refractivity contribution in [2.45, 2.75) is 19.8 Å². The third-order valence-corrected chi connectivity index (χ3v) is 5.99. The Balaban J connectivity index is 1.92. The highest BCUT2D eigenvalue weighted by molar-refractivity contribution is 9.10. The number of rotatable bonds is 4. The first kappa shape index (κ1) is 20.9. The van der Waals surface area contributed by atoms with Crippen LogP contribution in [0.15, 0.2) is 56.5 Å². The van der Waals surface area contributed by atoms with Crippen LogP contribution in [0.2, 0.25) is 0 Å². The summed E-state index contributed by atoms with van der Waals surface area (Å²) in [5.74, 6) is 2.09. The van der Waals surface area contributed by atoms with Gasteiger partial charge in [0.1, 0.15) is 11.5 Å². The zero-order chi connectivity index (χ0) is 20.3. The van der Waals surface area contributed by atoms with Gasteiger partial charge in [-0.05, 0) is 98.2 Å². The quantitative estimate of drug-likeness (QED) is 0.434. The van der Waals surface area contributed by atoms with Gasteiger partial charge < -0.3 is 9.47 Å². The number of carbonyl (C=O) groups is 1. The van der Waals surface area contributed by atoms with Gasteiger partial charge in [-0.25, -0.2) is 0 Å². The highest BCUT2D eigenvalue weighted by atomic mass is 79.9. The first-order valence-corrected chi connectivity index (χ1v) is 10.6. The summed E-state index contributed by atoms with van der Waals surface area (Å²) in [7, 11) is 3.28. The third kappa shape index (κ3) is 4.76. The summed E-state index contributed by atoms with van der Waals surface area (Å²) in [6, 6.07) is 11.7. The van der Waals surface area contributed by atoms with Gasteiger partial charge in [0.2, 0.25) is 0 Å². The molecule has 0 saturated heterocycles. The van der Waals surface area contributed by atoms with Gasteiger partial charge in [0, 0.05) is 11.1 Å². The summed E-state index contributed by atoms with van der Waals surface area (Å²) in [6.07, 6.45) is 5.54. The summed E-state index contributed by atoms with van der Waals surface area (Å²) in [6.45, 7) is 2.18. The molecule has 1 saturated carbocycles. The highest BCUT2D eigenvalue weighted by Gasteiger charge is 2.25. The van der Waals surface area contributed by atoms with Crippen molar-refractivity contribution >= 4 is 49.8 Å². The molecule has 0 heterocycles. The van der Waals surface area contributed by atoms with E-state index in [0.29, 0.717) is 5.92 Å². The minimum Gasteiger partial charge on any atom is -0.496 e. The Hall–Kier alpha value is -1.85. The van der Waals surface area contributed by atoms with Crippen LogP contribution in [0.4, 0.5) is 0 Å². The molecule has 0 spiro atoms. The topological polar surface area (TPSA) is 35.5 Å². The number of hydrogen-bond acceptors (Lipinski definition) is 3. The Labute approximate surface area is 182 Å². The molecule has 3 nitrogen and oxygen atoms in total. The largest absolute Gasteiger partial charge is 0.496 e. The molecule has 2 aromatic rings. The molecule has 1 aliphatic carbocycles. The van der Waals surface area contributed by atoms with Crippen molar-refractivity contribution in [3.05, 3.63) is 67.6 Å². The van der Waals surface area contributed by atoms with Gasteiger partial charge in [-0.15, -0.1) is 0 Å².